The van der Waals surface area contributed by atoms with Crippen LogP contribution >= 0.6 is 0 Å². The number of carbonyl (C=O) groups excluding carboxylic acids is 1. The van der Waals surface area contributed by atoms with Gasteiger partial charge in [0.15, 0.2) is 0 Å². The number of fused-ring (bicyclic) bond motifs is 1. The van der Waals surface area contributed by atoms with Crippen molar-refractivity contribution in [3.05, 3.63) is 69.3 Å². The van der Waals surface area contributed by atoms with E-state index in [4.69, 9.17) is 16.0 Å². The summed E-state index contributed by atoms with van der Waals surface area (Å²) < 4.78 is 16.1. The number of piperidine rings is 1. The zero-order valence-electron chi connectivity index (χ0n) is 18.6. The largest absolute Gasteiger partial charge is 0.348 e. The normalized spacial score (nSPS) is 17.3. The monoisotopic (exact) mass is 458 g/mol. The standard InChI is InChI=1S/C25H23FN6O2/c1-31-24(34)21(14-7-8-18-17(10-14)13-29-23(18)33)22(15-5-6-16(12-27)19(26)11-15)30-25(31)32-9-3-2-4-20(32)28/h5-8,10-11,20H,2-4,9,13,28H2,1H3,(H,29,33). The van der Waals surface area contributed by atoms with Crippen LogP contribution in [0.5, 0.6) is 0 Å². The fraction of sp³-hybridized carbons (Fsp3) is 0.280. The molecular formula is C25H23FN6O2. The van der Waals surface area contributed by atoms with E-state index in [0.717, 1.165) is 24.8 Å². The molecule has 2 aliphatic rings. The van der Waals surface area contributed by atoms with E-state index in [1.165, 1.54) is 16.7 Å². The van der Waals surface area contributed by atoms with Crippen LogP contribution in [0.15, 0.2) is 41.2 Å². The molecule has 0 radical (unpaired) electrons. The zero-order valence-corrected chi connectivity index (χ0v) is 18.6. The van der Waals surface area contributed by atoms with Gasteiger partial charge in [0.1, 0.15) is 11.9 Å². The molecule has 1 aromatic heterocycles. The topological polar surface area (TPSA) is 117 Å². The Morgan fingerprint density at radius 3 is 2.71 bits per heavy atom. The number of amides is 1. The fourth-order valence-corrected chi connectivity index (χ4v) is 4.66. The van der Waals surface area contributed by atoms with Crippen LogP contribution in [0.3, 0.4) is 0 Å². The van der Waals surface area contributed by atoms with Crippen molar-refractivity contribution in [1.82, 2.24) is 14.9 Å². The summed E-state index contributed by atoms with van der Waals surface area (Å²) in [6.45, 7) is 1.03. The lowest BCUT2D eigenvalue weighted by molar-refractivity contribution is 0.0965. The van der Waals surface area contributed by atoms with Crippen LogP contribution in [0.1, 0.15) is 40.7 Å². The second-order valence-corrected chi connectivity index (χ2v) is 8.62. The van der Waals surface area contributed by atoms with E-state index in [2.05, 4.69) is 5.32 Å². The second-order valence-electron chi connectivity index (χ2n) is 8.62. The Kier molecular flexibility index (Phi) is 5.38. The number of anilines is 1. The number of hydrogen-bond donors (Lipinski definition) is 2. The number of nitriles is 1. The average Bonchev–Trinajstić information content (AvgIpc) is 3.21. The van der Waals surface area contributed by atoms with E-state index >= 15 is 0 Å². The van der Waals surface area contributed by atoms with Crippen molar-refractivity contribution in [2.45, 2.75) is 32.0 Å². The Labute approximate surface area is 195 Å². The van der Waals surface area contributed by atoms with Crippen molar-refractivity contribution < 1.29 is 9.18 Å². The molecule has 8 nitrogen and oxygen atoms in total. The van der Waals surface area contributed by atoms with E-state index in [1.807, 2.05) is 11.0 Å². The third-order valence-corrected chi connectivity index (χ3v) is 6.51. The van der Waals surface area contributed by atoms with Gasteiger partial charge in [-0.25, -0.2) is 9.37 Å². The van der Waals surface area contributed by atoms with Gasteiger partial charge in [0.2, 0.25) is 5.95 Å². The first-order valence-electron chi connectivity index (χ1n) is 11.1. The van der Waals surface area contributed by atoms with Crippen molar-refractivity contribution in [2.24, 2.45) is 12.8 Å². The molecule has 3 heterocycles. The third kappa shape index (κ3) is 3.53. The lowest BCUT2D eigenvalue weighted by atomic mass is 9.96. The lowest BCUT2D eigenvalue weighted by Gasteiger charge is -2.35. The summed E-state index contributed by atoms with van der Waals surface area (Å²) in [7, 11) is 1.65. The van der Waals surface area contributed by atoms with Gasteiger partial charge in [-0.15, -0.1) is 0 Å². The van der Waals surface area contributed by atoms with E-state index < -0.39 is 5.82 Å². The molecule has 2 aliphatic heterocycles. The molecule has 3 aromatic rings. The summed E-state index contributed by atoms with van der Waals surface area (Å²) in [5.41, 5.74) is 8.85. The van der Waals surface area contributed by atoms with Crippen LogP contribution in [-0.2, 0) is 13.6 Å². The van der Waals surface area contributed by atoms with Crippen LogP contribution in [0.2, 0.25) is 0 Å². The Bertz CT molecular complexity index is 1420. The first-order chi connectivity index (χ1) is 16.4. The smallest absolute Gasteiger partial charge is 0.263 e. The minimum absolute atomic E-state index is 0.0884. The molecule has 0 aliphatic carbocycles. The highest BCUT2D eigenvalue weighted by atomic mass is 19.1. The maximum Gasteiger partial charge on any atom is 0.263 e. The predicted molar refractivity (Wildman–Crippen MR) is 125 cm³/mol. The first kappa shape index (κ1) is 21.8. The van der Waals surface area contributed by atoms with E-state index in [1.54, 1.807) is 31.3 Å². The highest BCUT2D eigenvalue weighted by molar-refractivity contribution is 5.99. The molecule has 2 aromatic carbocycles. The Morgan fingerprint density at radius 1 is 1.18 bits per heavy atom. The Morgan fingerprint density at radius 2 is 1.97 bits per heavy atom. The quantitative estimate of drug-likeness (QED) is 0.623. The summed E-state index contributed by atoms with van der Waals surface area (Å²) >= 11 is 0. The maximum absolute atomic E-state index is 14.6. The zero-order chi connectivity index (χ0) is 24.0. The third-order valence-electron chi connectivity index (χ3n) is 6.51. The molecule has 1 atom stereocenters. The summed E-state index contributed by atoms with van der Waals surface area (Å²) in [5.74, 6) is -0.427. The Balaban J connectivity index is 1.76. The van der Waals surface area contributed by atoms with Crippen molar-refractivity contribution in [2.75, 3.05) is 11.4 Å². The van der Waals surface area contributed by atoms with Gasteiger partial charge in [-0.05, 0) is 54.7 Å². The summed E-state index contributed by atoms with van der Waals surface area (Å²) in [4.78, 5) is 32.5. The van der Waals surface area contributed by atoms with Crippen LogP contribution in [0.4, 0.5) is 10.3 Å². The molecule has 34 heavy (non-hydrogen) atoms. The number of nitrogens with zero attached hydrogens (tertiary/aromatic N) is 4. The van der Waals surface area contributed by atoms with Crippen molar-refractivity contribution in [1.29, 1.82) is 5.26 Å². The molecule has 0 saturated carbocycles. The molecule has 1 saturated heterocycles. The number of aromatic nitrogens is 2. The maximum atomic E-state index is 14.6. The van der Waals surface area contributed by atoms with Gasteiger partial charge in [0.05, 0.1) is 23.0 Å². The predicted octanol–water partition coefficient (Wildman–Crippen LogP) is 2.64. The highest BCUT2D eigenvalue weighted by Crippen LogP contribution is 2.33. The molecular weight excluding hydrogens is 435 g/mol. The van der Waals surface area contributed by atoms with Crippen molar-refractivity contribution >= 4 is 11.9 Å². The molecule has 0 spiro atoms. The van der Waals surface area contributed by atoms with Gasteiger partial charge >= 0.3 is 0 Å². The molecule has 0 bridgehead atoms. The molecule has 1 amide bonds. The molecule has 5 rings (SSSR count). The number of hydrogen-bond acceptors (Lipinski definition) is 6. The summed E-state index contributed by atoms with van der Waals surface area (Å²) in [5, 5.41) is 11.9. The number of carbonyl (C=O) groups is 1. The summed E-state index contributed by atoms with van der Waals surface area (Å²) in [6.07, 6.45) is 2.43. The van der Waals surface area contributed by atoms with Gasteiger partial charge in [0.25, 0.3) is 11.5 Å². The molecule has 9 heteroatoms. The van der Waals surface area contributed by atoms with Gasteiger partial charge < -0.3 is 16.0 Å². The van der Waals surface area contributed by atoms with Crippen LogP contribution in [-0.4, -0.2) is 28.2 Å². The van der Waals surface area contributed by atoms with Crippen LogP contribution in [0, 0.1) is 17.1 Å². The summed E-state index contributed by atoms with van der Waals surface area (Å²) in [6, 6.07) is 11.2. The van der Waals surface area contributed by atoms with Gasteiger partial charge in [0, 0.05) is 31.3 Å². The van der Waals surface area contributed by atoms with Crippen molar-refractivity contribution in [3.63, 3.8) is 0 Å². The van der Waals surface area contributed by atoms with Crippen LogP contribution < -0.4 is 21.5 Å². The number of rotatable bonds is 3. The molecule has 1 unspecified atom stereocenters. The van der Waals surface area contributed by atoms with E-state index in [-0.39, 0.29) is 23.2 Å². The SMILES string of the molecule is Cn1c(N2CCCCC2N)nc(-c2ccc(C#N)c(F)c2)c(-c2ccc3c(c2)CNC3=O)c1=O. The first-order valence-corrected chi connectivity index (χ1v) is 11.1. The minimum Gasteiger partial charge on any atom is -0.348 e. The van der Waals surface area contributed by atoms with Crippen LogP contribution in [0.25, 0.3) is 22.4 Å². The molecule has 1 fully saturated rings. The lowest BCUT2D eigenvalue weighted by Crippen LogP contribution is -2.48. The van der Waals surface area contributed by atoms with Gasteiger partial charge in [-0.3, -0.25) is 14.2 Å². The highest BCUT2D eigenvalue weighted by Gasteiger charge is 2.27. The molecule has 3 N–H and O–H groups in total. The second kappa shape index (κ2) is 8.39. The number of benzene rings is 2. The molecule has 172 valence electrons. The van der Waals surface area contributed by atoms with E-state index in [0.29, 0.717) is 47.0 Å². The Hall–Kier alpha value is -4.03. The number of nitrogens with two attached hydrogens (primary N) is 1. The minimum atomic E-state index is -0.687. The number of nitrogens with one attached hydrogen (secondary N) is 1. The average molecular weight is 458 g/mol. The fourth-order valence-electron chi connectivity index (χ4n) is 4.66. The van der Waals surface area contributed by atoms with Gasteiger partial charge in [-0.1, -0.05) is 12.1 Å². The number of halogens is 1. The van der Waals surface area contributed by atoms with E-state index in [9.17, 15) is 14.0 Å². The van der Waals surface area contributed by atoms with Gasteiger partial charge in [-0.2, -0.15) is 5.26 Å². The van der Waals surface area contributed by atoms with Crippen molar-refractivity contribution in [3.8, 4) is 28.5 Å².